The Morgan fingerprint density at radius 1 is 1.18 bits per heavy atom. The maximum absolute atomic E-state index is 15.5. The molecule has 1 aromatic heterocycles. The third kappa shape index (κ3) is 5.38. The fourth-order valence-corrected chi connectivity index (χ4v) is 5.10. The molecule has 12 heteroatoms. The van der Waals surface area contributed by atoms with Gasteiger partial charge in [0.2, 0.25) is 0 Å². The number of amidine groups is 1. The highest BCUT2D eigenvalue weighted by atomic mass is 35.5. The van der Waals surface area contributed by atoms with Crippen molar-refractivity contribution in [2.75, 3.05) is 27.4 Å². The van der Waals surface area contributed by atoms with Gasteiger partial charge < -0.3 is 23.5 Å². The van der Waals surface area contributed by atoms with Crippen molar-refractivity contribution in [3.8, 4) is 17.2 Å². The first-order chi connectivity index (χ1) is 18.9. The first-order valence-corrected chi connectivity index (χ1v) is 12.9. The van der Waals surface area contributed by atoms with Crippen molar-refractivity contribution in [1.82, 2.24) is 20.6 Å². The molecule has 2 aliphatic rings. The van der Waals surface area contributed by atoms with E-state index in [-0.39, 0.29) is 17.4 Å². The Labute approximate surface area is 230 Å². The van der Waals surface area contributed by atoms with Crippen molar-refractivity contribution in [2.24, 2.45) is 5.10 Å². The molecular weight excluding hydrogens is 529 g/mol. The molecule has 0 radical (unpaired) electrons. The van der Waals surface area contributed by atoms with Crippen LogP contribution in [0, 0.1) is 5.82 Å². The molecule has 3 heterocycles. The van der Waals surface area contributed by atoms with Crippen LogP contribution in [-0.2, 0) is 14.3 Å². The van der Waals surface area contributed by atoms with E-state index in [2.05, 4.69) is 16.1 Å². The first-order valence-electron chi connectivity index (χ1n) is 12.5. The van der Waals surface area contributed by atoms with Gasteiger partial charge in [0.25, 0.3) is 0 Å². The summed E-state index contributed by atoms with van der Waals surface area (Å²) in [4.78, 5) is 11.8. The van der Waals surface area contributed by atoms with Crippen LogP contribution in [0.1, 0.15) is 48.8 Å². The maximum Gasteiger partial charge on any atom is 0.313 e. The third-order valence-corrected chi connectivity index (χ3v) is 6.73. The van der Waals surface area contributed by atoms with Gasteiger partial charge in [-0.25, -0.2) is 9.93 Å². The standard InChI is InChI=1S/C27H29ClFN5O5/c1-4-38-24(35)15-23-30-32-34(31-23)12-10-21-20-8-6-11-33(20)25-18(13-16(28)14-19(25)29)26(39-21)17-7-5-9-22(36-2)27(17)37-3/h5-9,11,13-14,21,26,32H,4,10,12,15H2,1-3H3,(H,30,31)/t21-,26-/m1/s1. The molecule has 3 aromatic rings. The average molecular weight is 558 g/mol. The summed E-state index contributed by atoms with van der Waals surface area (Å²) in [6, 6.07) is 12.3. The minimum atomic E-state index is -0.724. The summed E-state index contributed by atoms with van der Waals surface area (Å²) in [5, 5.41) is 6.06. The molecule has 0 unspecified atom stereocenters. The average Bonchev–Trinajstić information content (AvgIpc) is 3.55. The van der Waals surface area contributed by atoms with Crippen LogP contribution >= 0.6 is 11.6 Å². The Morgan fingerprint density at radius 3 is 2.79 bits per heavy atom. The van der Waals surface area contributed by atoms with E-state index in [1.165, 1.54) is 6.07 Å². The summed E-state index contributed by atoms with van der Waals surface area (Å²) in [5.74, 6) is 0.625. The van der Waals surface area contributed by atoms with Gasteiger partial charge in [-0.2, -0.15) is 0 Å². The van der Waals surface area contributed by atoms with Crippen LogP contribution in [0.4, 0.5) is 4.39 Å². The fraction of sp³-hybridized carbons (Fsp3) is 0.333. The molecular formula is C27H29ClFN5O5. The number of fused-ring (bicyclic) bond motifs is 3. The monoisotopic (exact) mass is 557 g/mol. The molecule has 0 fully saturated rings. The Hall–Kier alpha value is -3.80. The van der Waals surface area contributed by atoms with Crippen molar-refractivity contribution < 1.29 is 28.1 Å². The van der Waals surface area contributed by atoms with Crippen molar-refractivity contribution in [3.05, 3.63) is 76.3 Å². The minimum absolute atomic E-state index is 0.0210. The van der Waals surface area contributed by atoms with Gasteiger partial charge in [-0.05, 0) is 43.7 Å². The molecule has 10 nitrogen and oxygen atoms in total. The number of ether oxygens (including phenoxy) is 4. The van der Waals surface area contributed by atoms with Gasteiger partial charge >= 0.3 is 5.97 Å². The number of para-hydroxylation sites is 1. The van der Waals surface area contributed by atoms with Crippen LogP contribution in [0.5, 0.6) is 11.5 Å². The topological polar surface area (TPSA) is 98.6 Å². The molecule has 0 bridgehead atoms. The van der Waals surface area contributed by atoms with Gasteiger partial charge in [-0.3, -0.25) is 10.2 Å². The van der Waals surface area contributed by atoms with Crippen LogP contribution in [0.2, 0.25) is 5.02 Å². The number of hydrazone groups is 1. The second-order valence-corrected chi connectivity index (χ2v) is 9.34. The van der Waals surface area contributed by atoms with Crippen LogP contribution < -0.4 is 20.4 Å². The van der Waals surface area contributed by atoms with E-state index in [4.69, 9.17) is 30.5 Å². The van der Waals surface area contributed by atoms with E-state index < -0.39 is 18.0 Å². The van der Waals surface area contributed by atoms with Gasteiger partial charge in [0.15, 0.2) is 17.3 Å². The van der Waals surface area contributed by atoms with Crippen LogP contribution in [0.25, 0.3) is 5.69 Å². The van der Waals surface area contributed by atoms with Crippen molar-refractivity contribution in [3.63, 3.8) is 0 Å². The van der Waals surface area contributed by atoms with Gasteiger partial charge in [-0.15, -0.1) is 10.2 Å². The number of nitrogens with one attached hydrogen (secondary N) is 2. The first kappa shape index (κ1) is 26.8. The molecule has 2 aliphatic heterocycles. The molecule has 0 amide bonds. The van der Waals surface area contributed by atoms with Gasteiger partial charge in [0.1, 0.15) is 24.4 Å². The second-order valence-electron chi connectivity index (χ2n) is 8.91. The van der Waals surface area contributed by atoms with Crippen molar-refractivity contribution >= 4 is 23.4 Å². The summed E-state index contributed by atoms with van der Waals surface area (Å²) in [6.07, 6.45) is 1.12. The zero-order valence-corrected chi connectivity index (χ0v) is 22.5. The van der Waals surface area contributed by atoms with E-state index in [0.717, 1.165) is 5.69 Å². The predicted octanol–water partition coefficient (Wildman–Crippen LogP) is 4.43. The highest BCUT2D eigenvalue weighted by Gasteiger charge is 2.35. The minimum Gasteiger partial charge on any atom is -0.493 e. The largest absolute Gasteiger partial charge is 0.493 e. The van der Waals surface area contributed by atoms with Crippen molar-refractivity contribution in [1.29, 1.82) is 0 Å². The highest BCUT2D eigenvalue weighted by Crippen LogP contribution is 2.47. The summed E-state index contributed by atoms with van der Waals surface area (Å²) in [6.45, 7) is 2.49. The Morgan fingerprint density at radius 2 is 2.03 bits per heavy atom. The van der Waals surface area contributed by atoms with E-state index >= 15 is 4.39 Å². The van der Waals surface area contributed by atoms with Crippen LogP contribution in [0.15, 0.2) is 53.8 Å². The number of carbonyl (C=O) groups excluding carboxylic acids is 1. The van der Waals surface area contributed by atoms with Crippen molar-refractivity contribution in [2.45, 2.75) is 32.0 Å². The molecule has 2 N–H and O–H groups in total. The predicted molar refractivity (Wildman–Crippen MR) is 142 cm³/mol. The zero-order chi connectivity index (χ0) is 27.5. The van der Waals surface area contributed by atoms with Crippen LogP contribution in [-0.4, -0.2) is 48.9 Å². The van der Waals surface area contributed by atoms with E-state index in [9.17, 15) is 4.79 Å². The molecule has 0 aliphatic carbocycles. The quantitative estimate of drug-likeness (QED) is 0.373. The molecule has 206 valence electrons. The number of rotatable bonds is 9. The number of carbonyl (C=O) groups is 1. The lowest BCUT2D eigenvalue weighted by Crippen LogP contribution is -2.43. The highest BCUT2D eigenvalue weighted by molar-refractivity contribution is 6.30. The summed E-state index contributed by atoms with van der Waals surface area (Å²) < 4.78 is 40.3. The molecule has 0 saturated heterocycles. The second kappa shape index (κ2) is 11.5. The number of aromatic nitrogens is 1. The number of hydrazine groups is 2. The van der Waals surface area contributed by atoms with Gasteiger partial charge in [-0.1, -0.05) is 23.7 Å². The molecule has 5 rings (SSSR count). The van der Waals surface area contributed by atoms with E-state index in [1.54, 1.807) is 49.2 Å². The van der Waals surface area contributed by atoms with E-state index in [0.29, 0.717) is 53.7 Å². The number of halogens is 2. The van der Waals surface area contributed by atoms with Gasteiger partial charge in [0, 0.05) is 28.9 Å². The Kier molecular flexibility index (Phi) is 7.92. The number of hydrogen-bond acceptors (Lipinski definition) is 9. The third-order valence-electron chi connectivity index (χ3n) is 6.51. The van der Waals surface area contributed by atoms with Gasteiger partial charge in [0.05, 0.1) is 32.2 Å². The fourth-order valence-electron chi connectivity index (χ4n) is 4.89. The maximum atomic E-state index is 15.5. The molecule has 39 heavy (non-hydrogen) atoms. The molecule has 0 spiro atoms. The summed E-state index contributed by atoms with van der Waals surface area (Å²) in [7, 11) is 3.11. The van der Waals surface area contributed by atoms with E-state index in [1.807, 2.05) is 24.3 Å². The Balaban J connectivity index is 1.47. The number of methoxy groups -OCH3 is 2. The lowest BCUT2D eigenvalue weighted by atomic mass is 9.98. The smallest absolute Gasteiger partial charge is 0.313 e. The molecule has 2 atom stereocenters. The Bertz CT molecular complexity index is 1400. The number of nitrogens with zero attached hydrogens (tertiary/aromatic N) is 3. The summed E-state index contributed by atoms with van der Waals surface area (Å²) >= 11 is 6.34. The lowest BCUT2D eigenvalue weighted by Gasteiger charge is -2.26. The summed E-state index contributed by atoms with van der Waals surface area (Å²) in [5.41, 5.74) is 8.28. The normalized spacial score (nSPS) is 18.2. The number of hydrogen-bond donors (Lipinski definition) is 2. The number of esters is 1. The molecule has 0 saturated carbocycles. The SMILES string of the molecule is CCOC(=O)CC1=NNN(CC[C@H]2O[C@H](c3cccc(OC)c3OC)c3cc(Cl)cc(F)c3-n3cccc32)N1. The zero-order valence-electron chi connectivity index (χ0n) is 21.7. The molecule has 2 aromatic carbocycles. The number of benzene rings is 2. The lowest BCUT2D eigenvalue weighted by molar-refractivity contribution is -0.141. The van der Waals surface area contributed by atoms with Crippen LogP contribution in [0.3, 0.4) is 0 Å².